The third-order valence-electron chi connectivity index (χ3n) is 4.84. The van der Waals surface area contributed by atoms with E-state index in [1.54, 1.807) is 11.0 Å². The highest BCUT2D eigenvalue weighted by molar-refractivity contribution is 5.94. The van der Waals surface area contributed by atoms with E-state index >= 15 is 0 Å². The fraction of sp³-hybridized carbons (Fsp3) is 0.368. The van der Waals surface area contributed by atoms with Crippen LogP contribution in [0.4, 0.5) is 0 Å². The first-order valence-electron chi connectivity index (χ1n) is 8.43. The molecule has 4 rings (SSSR count). The first-order chi connectivity index (χ1) is 11.7. The lowest BCUT2D eigenvalue weighted by Crippen LogP contribution is -2.44. The molecule has 1 aliphatic heterocycles. The van der Waals surface area contributed by atoms with Crippen LogP contribution >= 0.6 is 0 Å². The number of nitrogens with zero attached hydrogens (tertiary/aromatic N) is 1. The van der Waals surface area contributed by atoms with E-state index in [1.807, 2.05) is 30.3 Å². The van der Waals surface area contributed by atoms with Gasteiger partial charge in [-0.15, -0.1) is 0 Å². The van der Waals surface area contributed by atoms with E-state index < -0.39 is 0 Å². The Hall–Kier alpha value is -2.40. The number of fused-ring (bicyclic) bond motifs is 1. The van der Waals surface area contributed by atoms with Crippen LogP contribution in [0.3, 0.4) is 0 Å². The van der Waals surface area contributed by atoms with Crippen molar-refractivity contribution in [2.45, 2.75) is 25.4 Å². The number of carbonyl (C=O) groups excluding carboxylic acids is 1. The second-order valence-corrected chi connectivity index (χ2v) is 6.39. The van der Waals surface area contributed by atoms with Crippen LogP contribution in [0.15, 0.2) is 41.2 Å². The molecule has 124 valence electrons. The molecule has 5 heteroatoms. The van der Waals surface area contributed by atoms with E-state index in [9.17, 15) is 9.59 Å². The van der Waals surface area contributed by atoms with Gasteiger partial charge in [0.15, 0.2) is 0 Å². The summed E-state index contributed by atoms with van der Waals surface area (Å²) >= 11 is 0. The SMILES string of the molecule is O=C(c1cc2c([nH]c1=O)CCC2)N1CCOC(c2ccccc2)C1. The Labute approximate surface area is 140 Å². The lowest BCUT2D eigenvalue weighted by Gasteiger charge is -2.33. The van der Waals surface area contributed by atoms with Crippen LogP contribution in [0.5, 0.6) is 0 Å². The number of nitrogens with one attached hydrogen (secondary N) is 1. The van der Waals surface area contributed by atoms with Crippen LogP contribution in [-0.2, 0) is 17.6 Å². The molecule has 1 unspecified atom stereocenters. The molecule has 1 aliphatic carbocycles. The Bertz CT molecular complexity index is 813. The van der Waals surface area contributed by atoms with Gasteiger partial charge in [0, 0.05) is 12.2 Å². The second-order valence-electron chi connectivity index (χ2n) is 6.39. The van der Waals surface area contributed by atoms with Gasteiger partial charge in [0.05, 0.1) is 13.2 Å². The van der Waals surface area contributed by atoms with Crippen LogP contribution in [0, 0.1) is 0 Å². The molecule has 1 aromatic heterocycles. The first-order valence-corrected chi connectivity index (χ1v) is 8.43. The number of ether oxygens (including phenoxy) is 1. The number of hydrogen-bond donors (Lipinski definition) is 1. The molecule has 2 aromatic rings. The summed E-state index contributed by atoms with van der Waals surface area (Å²) in [5, 5.41) is 0. The lowest BCUT2D eigenvalue weighted by atomic mass is 10.1. The summed E-state index contributed by atoms with van der Waals surface area (Å²) in [5.74, 6) is -0.199. The standard InChI is InChI=1S/C19H20N2O3/c22-18-15(11-14-7-4-8-16(14)20-18)19(23)21-9-10-24-17(12-21)13-5-2-1-3-6-13/h1-3,5-6,11,17H,4,7-10,12H2,(H,20,22). The zero-order valence-electron chi connectivity index (χ0n) is 13.5. The molecule has 0 bridgehead atoms. The Kier molecular flexibility index (Phi) is 3.94. The van der Waals surface area contributed by atoms with Crippen molar-refractivity contribution in [2.24, 2.45) is 0 Å². The average Bonchev–Trinajstić information content (AvgIpc) is 3.08. The number of benzene rings is 1. The minimum Gasteiger partial charge on any atom is -0.370 e. The zero-order chi connectivity index (χ0) is 16.5. The van der Waals surface area contributed by atoms with Crippen molar-refractivity contribution in [1.82, 2.24) is 9.88 Å². The van der Waals surface area contributed by atoms with Gasteiger partial charge in [-0.25, -0.2) is 0 Å². The van der Waals surface area contributed by atoms with Crippen LogP contribution in [0.1, 0.15) is 39.7 Å². The molecule has 1 saturated heterocycles. The van der Waals surface area contributed by atoms with Crippen molar-refractivity contribution < 1.29 is 9.53 Å². The predicted molar refractivity (Wildman–Crippen MR) is 90.1 cm³/mol. The number of aryl methyl sites for hydroxylation is 2. The summed E-state index contributed by atoms with van der Waals surface area (Å²) in [5.41, 5.74) is 3.12. The maximum absolute atomic E-state index is 12.8. The number of aromatic nitrogens is 1. The van der Waals surface area contributed by atoms with E-state index in [1.165, 1.54) is 0 Å². The summed E-state index contributed by atoms with van der Waals surface area (Å²) in [4.78, 5) is 29.7. The summed E-state index contributed by atoms with van der Waals surface area (Å²) < 4.78 is 5.80. The molecular formula is C19H20N2O3. The van der Waals surface area contributed by atoms with Gasteiger partial charge >= 0.3 is 0 Å². The number of carbonyl (C=O) groups is 1. The van der Waals surface area contributed by atoms with Gasteiger partial charge in [-0.1, -0.05) is 30.3 Å². The van der Waals surface area contributed by atoms with Crippen molar-refractivity contribution in [3.05, 3.63) is 69.1 Å². The maximum atomic E-state index is 12.8. The highest BCUT2D eigenvalue weighted by Gasteiger charge is 2.28. The van der Waals surface area contributed by atoms with E-state index in [0.29, 0.717) is 19.7 Å². The summed E-state index contributed by atoms with van der Waals surface area (Å²) in [7, 11) is 0. The number of pyridine rings is 1. The Morgan fingerprint density at radius 2 is 2.04 bits per heavy atom. The van der Waals surface area contributed by atoms with E-state index in [2.05, 4.69) is 4.98 Å². The molecule has 2 aliphatic rings. The number of hydrogen-bond acceptors (Lipinski definition) is 3. The first kappa shape index (κ1) is 15.1. The smallest absolute Gasteiger partial charge is 0.261 e. The lowest BCUT2D eigenvalue weighted by molar-refractivity contribution is -0.0228. The fourth-order valence-electron chi connectivity index (χ4n) is 3.55. The molecule has 1 aromatic carbocycles. The average molecular weight is 324 g/mol. The van der Waals surface area contributed by atoms with Gasteiger partial charge in [0.2, 0.25) is 0 Å². The van der Waals surface area contributed by atoms with Crippen molar-refractivity contribution in [3.63, 3.8) is 0 Å². The van der Waals surface area contributed by atoms with Crippen LogP contribution in [0.25, 0.3) is 0 Å². The molecule has 1 atom stereocenters. The highest BCUT2D eigenvalue weighted by atomic mass is 16.5. The predicted octanol–water partition coefficient (Wildman–Crippen LogP) is 2.08. The van der Waals surface area contributed by atoms with Crippen LogP contribution < -0.4 is 5.56 Å². The normalized spacial score (nSPS) is 20.0. The summed E-state index contributed by atoms with van der Waals surface area (Å²) in [6, 6.07) is 11.7. The van der Waals surface area contributed by atoms with Gasteiger partial charge in [0.1, 0.15) is 11.7 Å². The Morgan fingerprint density at radius 1 is 1.21 bits per heavy atom. The molecule has 1 amide bonds. The van der Waals surface area contributed by atoms with Crippen LogP contribution in [-0.4, -0.2) is 35.5 Å². The van der Waals surface area contributed by atoms with E-state index in [0.717, 1.165) is 36.1 Å². The number of H-pyrrole nitrogens is 1. The van der Waals surface area contributed by atoms with Crippen molar-refractivity contribution in [2.75, 3.05) is 19.7 Å². The minimum atomic E-state index is -0.275. The van der Waals surface area contributed by atoms with Crippen molar-refractivity contribution >= 4 is 5.91 Å². The molecular weight excluding hydrogens is 304 g/mol. The number of amides is 1. The largest absolute Gasteiger partial charge is 0.370 e. The highest BCUT2D eigenvalue weighted by Crippen LogP contribution is 2.24. The molecule has 1 fully saturated rings. The summed E-state index contributed by atoms with van der Waals surface area (Å²) in [6.07, 6.45) is 2.73. The topological polar surface area (TPSA) is 62.4 Å². The molecule has 0 radical (unpaired) electrons. The molecule has 1 N–H and O–H groups in total. The van der Waals surface area contributed by atoms with Crippen molar-refractivity contribution in [1.29, 1.82) is 0 Å². The molecule has 5 nitrogen and oxygen atoms in total. The van der Waals surface area contributed by atoms with Gasteiger partial charge in [-0.2, -0.15) is 0 Å². The van der Waals surface area contributed by atoms with Crippen LogP contribution in [0.2, 0.25) is 0 Å². The summed E-state index contributed by atoms with van der Waals surface area (Å²) in [6.45, 7) is 1.46. The molecule has 24 heavy (non-hydrogen) atoms. The number of rotatable bonds is 2. The van der Waals surface area contributed by atoms with Gasteiger partial charge in [-0.3, -0.25) is 9.59 Å². The second kappa shape index (κ2) is 6.24. The molecule has 0 saturated carbocycles. The van der Waals surface area contributed by atoms with Gasteiger partial charge in [0.25, 0.3) is 11.5 Å². The van der Waals surface area contributed by atoms with Crippen molar-refractivity contribution in [3.8, 4) is 0 Å². The maximum Gasteiger partial charge on any atom is 0.261 e. The Balaban J connectivity index is 1.57. The van der Waals surface area contributed by atoms with Gasteiger partial charge < -0.3 is 14.6 Å². The number of aromatic amines is 1. The third-order valence-corrected chi connectivity index (χ3v) is 4.84. The molecule has 2 heterocycles. The molecule has 0 spiro atoms. The van der Waals surface area contributed by atoms with E-state index in [-0.39, 0.29) is 23.1 Å². The quantitative estimate of drug-likeness (QED) is 0.920. The van der Waals surface area contributed by atoms with Gasteiger partial charge in [-0.05, 0) is 36.5 Å². The Morgan fingerprint density at radius 3 is 2.88 bits per heavy atom. The van der Waals surface area contributed by atoms with E-state index in [4.69, 9.17) is 4.74 Å². The minimum absolute atomic E-state index is 0.141. The fourth-order valence-corrected chi connectivity index (χ4v) is 3.55. The third kappa shape index (κ3) is 2.76. The zero-order valence-corrected chi connectivity index (χ0v) is 13.5. The number of morpholine rings is 1. The monoisotopic (exact) mass is 324 g/mol.